The van der Waals surface area contributed by atoms with Crippen LogP contribution < -0.4 is 26.0 Å². The molecule has 0 aliphatic carbocycles. The minimum atomic E-state index is 0.448. The van der Waals surface area contributed by atoms with E-state index in [1.165, 1.54) is 12.5 Å². The fraction of sp³-hybridized carbons (Fsp3) is 0.353. The zero-order valence-corrected chi connectivity index (χ0v) is 15.1. The van der Waals surface area contributed by atoms with Crippen LogP contribution in [0.1, 0.15) is 12.8 Å². The van der Waals surface area contributed by atoms with E-state index in [1.807, 2.05) is 42.4 Å². The minimum Gasteiger partial charge on any atom is -0.351 e. The van der Waals surface area contributed by atoms with Crippen molar-refractivity contribution < 1.29 is 9.08 Å². The van der Waals surface area contributed by atoms with Crippen molar-refractivity contribution in [2.75, 3.05) is 30.2 Å². The number of carbonyl (C=O) groups excluding carboxylic acids is 1. The van der Waals surface area contributed by atoms with Crippen LogP contribution in [0.3, 0.4) is 0 Å². The summed E-state index contributed by atoms with van der Waals surface area (Å²) in [6, 6.07) is 8.31. The summed E-state index contributed by atoms with van der Waals surface area (Å²) in [5.74, 6) is 0. The molecular formula is C17H25N5O2S. The summed E-state index contributed by atoms with van der Waals surface area (Å²) >= 11 is 0.799. The third-order valence-electron chi connectivity index (χ3n) is 3.86. The van der Waals surface area contributed by atoms with E-state index in [0.717, 1.165) is 49.4 Å². The number of aldehydes is 1. The highest BCUT2D eigenvalue weighted by Crippen LogP contribution is 2.21. The number of hydrogen-bond donors (Lipinski definition) is 3. The van der Waals surface area contributed by atoms with Crippen molar-refractivity contribution in [2.45, 2.75) is 18.9 Å². The number of benzene rings is 1. The molecule has 1 atom stereocenters. The predicted octanol–water partition coefficient (Wildman–Crippen LogP) is 1.91. The number of carbonyl (C=O) groups is 1. The van der Waals surface area contributed by atoms with E-state index in [1.54, 1.807) is 17.3 Å². The summed E-state index contributed by atoms with van der Waals surface area (Å²) in [5.41, 5.74) is 5.12. The second-order valence-corrected chi connectivity index (χ2v) is 5.95. The molecule has 7 nitrogen and oxygen atoms in total. The molecule has 4 N–H and O–H groups in total. The van der Waals surface area contributed by atoms with E-state index in [9.17, 15) is 4.79 Å². The first-order chi connectivity index (χ1) is 12.2. The van der Waals surface area contributed by atoms with Crippen molar-refractivity contribution in [2.24, 2.45) is 5.14 Å². The lowest BCUT2D eigenvalue weighted by atomic mass is 10.2. The van der Waals surface area contributed by atoms with Gasteiger partial charge < -0.3 is 10.2 Å². The normalized spacial score (nSPS) is 17.4. The van der Waals surface area contributed by atoms with Crippen molar-refractivity contribution in [3.8, 4) is 0 Å². The Bertz CT molecular complexity index is 573. The zero-order chi connectivity index (χ0) is 17.9. The topological polar surface area (TPSA) is 82.9 Å². The average molecular weight is 363 g/mol. The van der Waals surface area contributed by atoms with Gasteiger partial charge in [0.15, 0.2) is 0 Å². The van der Waals surface area contributed by atoms with Crippen molar-refractivity contribution >= 4 is 29.9 Å². The number of rotatable bonds is 10. The van der Waals surface area contributed by atoms with Crippen molar-refractivity contribution in [1.29, 1.82) is 0 Å². The second kappa shape index (κ2) is 10.9. The highest BCUT2D eigenvalue weighted by molar-refractivity contribution is 7.92. The number of anilines is 2. The Kier molecular flexibility index (Phi) is 8.50. The monoisotopic (exact) mass is 363 g/mol. The van der Waals surface area contributed by atoms with Gasteiger partial charge in [-0.1, -0.05) is 6.08 Å². The van der Waals surface area contributed by atoms with Crippen molar-refractivity contribution in [3.63, 3.8) is 0 Å². The maximum atomic E-state index is 10.2. The Morgan fingerprint density at radius 2 is 2.08 bits per heavy atom. The molecule has 0 spiro atoms. The second-order valence-electron chi connectivity index (χ2n) is 5.61. The number of nitrogens with one attached hydrogen (secondary N) is 2. The Hall–Kier alpha value is -1.84. The number of allylic oxidation sites excluding steroid dienone is 3. The molecule has 1 heterocycles. The average Bonchev–Trinajstić information content (AvgIpc) is 3.16. The van der Waals surface area contributed by atoms with Crippen LogP contribution in [0.2, 0.25) is 0 Å². The van der Waals surface area contributed by atoms with E-state index in [4.69, 9.17) is 9.42 Å². The first-order valence-corrected chi connectivity index (χ1v) is 8.97. The van der Waals surface area contributed by atoms with E-state index in [0.29, 0.717) is 6.04 Å². The van der Waals surface area contributed by atoms with Gasteiger partial charge in [-0.25, -0.2) is 5.43 Å². The number of nitrogens with zero attached hydrogens (tertiary/aromatic N) is 2. The highest BCUT2D eigenvalue weighted by Gasteiger charge is 2.16. The van der Waals surface area contributed by atoms with Gasteiger partial charge >= 0.3 is 0 Å². The predicted molar refractivity (Wildman–Crippen MR) is 104 cm³/mol. The third-order valence-corrected chi connectivity index (χ3v) is 4.10. The summed E-state index contributed by atoms with van der Waals surface area (Å²) in [4.78, 5) is 12.2. The summed E-state index contributed by atoms with van der Waals surface area (Å²) in [5, 5.41) is 10.5. The Morgan fingerprint density at radius 3 is 2.72 bits per heavy atom. The lowest BCUT2D eigenvalue weighted by Gasteiger charge is -2.24. The van der Waals surface area contributed by atoms with Gasteiger partial charge in [0, 0.05) is 31.5 Å². The lowest BCUT2D eigenvalue weighted by Crippen LogP contribution is -2.44. The molecule has 2 rings (SSSR count). The van der Waals surface area contributed by atoms with Crippen LogP contribution >= 0.6 is 12.2 Å². The Labute approximate surface area is 153 Å². The largest absolute Gasteiger partial charge is 0.351 e. The van der Waals surface area contributed by atoms with Crippen LogP contribution in [0.15, 0.2) is 48.7 Å². The van der Waals surface area contributed by atoms with Crippen LogP contribution in [0, 0.1) is 0 Å². The first kappa shape index (κ1) is 19.5. The van der Waals surface area contributed by atoms with Gasteiger partial charge in [-0.05, 0) is 55.8 Å². The number of hydrogen-bond acceptors (Lipinski definition) is 8. The van der Waals surface area contributed by atoms with E-state index < -0.39 is 0 Å². The van der Waals surface area contributed by atoms with Gasteiger partial charge in [-0.15, -0.1) is 0 Å². The lowest BCUT2D eigenvalue weighted by molar-refractivity contribution is -0.104. The molecule has 1 fully saturated rings. The van der Waals surface area contributed by atoms with Gasteiger partial charge in [0.25, 0.3) is 0 Å². The molecule has 1 aliphatic rings. The quantitative estimate of drug-likeness (QED) is 0.145. The molecule has 0 radical (unpaired) electrons. The molecule has 1 saturated heterocycles. The molecule has 1 unspecified atom stereocenters. The van der Waals surface area contributed by atoms with E-state index in [-0.39, 0.29) is 0 Å². The van der Waals surface area contributed by atoms with Crippen LogP contribution in [-0.2, 0) is 9.08 Å². The summed E-state index contributed by atoms with van der Waals surface area (Å²) < 4.78 is 5.40. The first-order valence-electron chi connectivity index (χ1n) is 8.16. The Morgan fingerprint density at radius 1 is 1.32 bits per heavy atom. The van der Waals surface area contributed by atoms with Crippen molar-refractivity contribution in [3.05, 3.63) is 48.7 Å². The number of nitrogens with two attached hydrogens (primary N) is 1. The van der Waals surface area contributed by atoms with Gasteiger partial charge in [-0.2, -0.15) is 9.46 Å². The summed E-state index contributed by atoms with van der Waals surface area (Å²) in [6.07, 6.45) is 9.92. The van der Waals surface area contributed by atoms with Crippen LogP contribution in [0.5, 0.6) is 0 Å². The summed E-state index contributed by atoms with van der Waals surface area (Å²) in [6.45, 7) is 1.84. The standard InChI is InChI=1S/C17H25N5O2S/c1-21(12-3-2-4-13-23)16-7-9-17(10-8-16)22(24-25-18)20-14-15-6-5-11-19-15/h2-4,7-10,12-13,15,19-20H,5-6,11,14,18H2,1H3/b4-2-,12-3-. The third kappa shape index (κ3) is 6.52. The van der Waals surface area contributed by atoms with Gasteiger partial charge in [0.2, 0.25) is 0 Å². The molecule has 1 aromatic carbocycles. The smallest absolute Gasteiger partial charge is 0.142 e. The van der Waals surface area contributed by atoms with Crippen LogP contribution in [-0.4, -0.2) is 32.5 Å². The molecule has 136 valence electrons. The van der Waals surface area contributed by atoms with E-state index in [2.05, 4.69) is 10.7 Å². The maximum Gasteiger partial charge on any atom is 0.142 e. The fourth-order valence-electron chi connectivity index (χ4n) is 2.53. The molecule has 0 saturated carbocycles. The molecule has 0 bridgehead atoms. The van der Waals surface area contributed by atoms with Gasteiger partial charge in [0.1, 0.15) is 18.5 Å². The maximum absolute atomic E-state index is 10.2. The SMILES string of the molecule is CN(/C=C\C=C/C=O)c1ccc(N(NCC2CCCN2)OSN)cc1. The molecule has 0 amide bonds. The van der Waals surface area contributed by atoms with Crippen molar-refractivity contribution in [1.82, 2.24) is 10.7 Å². The van der Waals surface area contributed by atoms with Gasteiger partial charge in [0.05, 0.1) is 5.69 Å². The van der Waals surface area contributed by atoms with Crippen LogP contribution in [0.4, 0.5) is 11.4 Å². The molecule has 0 aromatic heterocycles. The molecule has 1 aliphatic heterocycles. The molecule has 1 aromatic rings. The van der Waals surface area contributed by atoms with Crippen LogP contribution in [0.25, 0.3) is 0 Å². The zero-order valence-electron chi connectivity index (χ0n) is 14.3. The van der Waals surface area contributed by atoms with E-state index >= 15 is 0 Å². The molecule has 25 heavy (non-hydrogen) atoms. The minimum absolute atomic E-state index is 0.448. The highest BCUT2D eigenvalue weighted by atomic mass is 32.2. The van der Waals surface area contributed by atoms with Gasteiger partial charge in [-0.3, -0.25) is 9.93 Å². The molecule has 8 heteroatoms. The number of hydrazine groups is 1. The fourth-order valence-corrected chi connectivity index (χ4v) is 2.75. The Balaban J connectivity index is 1.95. The summed E-state index contributed by atoms with van der Waals surface area (Å²) in [7, 11) is 1.94. The molecular weight excluding hydrogens is 338 g/mol.